The predicted molar refractivity (Wildman–Crippen MR) is 101 cm³/mol. The largest absolute Gasteiger partial charge is 0.482 e. The number of rotatable bonds is 6. The number of hydrogen-bond donors (Lipinski definition) is 1. The van der Waals surface area contributed by atoms with Gasteiger partial charge in [-0.25, -0.2) is 0 Å². The highest BCUT2D eigenvalue weighted by Crippen LogP contribution is 2.25. The van der Waals surface area contributed by atoms with Gasteiger partial charge in [-0.2, -0.15) is 0 Å². The van der Waals surface area contributed by atoms with E-state index in [4.69, 9.17) is 4.74 Å². The maximum atomic E-state index is 12.3. The molecule has 134 valence electrons. The monoisotopic (exact) mass is 350 g/mol. The van der Waals surface area contributed by atoms with Gasteiger partial charge in [0.15, 0.2) is 6.61 Å². The van der Waals surface area contributed by atoms with E-state index in [9.17, 15) is 4.79 Å². The van der Waals surface area contributed by atoms with Crippen LogP contribution >= 0.6 is 0 Å². The fourth-order valence-electron chi connectivity index (χ4n) is 2.76. The van der Waals surface area contributed by atoms with Crippen LogP contribution in [0.2, 0.25) is 0 Å². The molecule has 0 saturated heterocycles. The summed E-state index contributed by atoms with van der Waals surface area (Å²) in [6.45, 7) is 5.95. The standard InChI is InChI=1S/C20H22N4O2/c1-4-16-8-9-18(17(10-16)24-12-21-22-13-24)26-11-19(25)23-20-14(2)6-5-7-15(20)3/h5-10,12-13H,4,11H2,1-3H3,(H,23,25). The van der Waals surface area contributed by atoms with Crippen LogP contribution in [0.4, 0.5) is 5.69 Å². The van der Waals surface area contributed by atoms with E-state index in [1.807, 2.05) is 50.2 Å². The number of carbonyl (C=O) groups excluding carboxylic acids is 1. The van der Waals surface area contributed by atoms with Crippen LogP contribution in [0.3, 0.4) is 0 Å². The molecular weight excluding hydrogens is 328 g/mol. The SMILES string of the molecule is CCc1ccc(OCC(=O)Nc2c(C)cccc2C)c(-n2cnnc2)c1. The zero-order chi connectivity index (χ0) is 18.5. The molecule has 0 aliphatic heterocycles. The van der Waals surface area contributed by atoms with E-state index < -0.39 is 0 Å². The topological polar surface area (TPSA) is 69.0 Å². The molecule has 26 heavy (non-hydrogen) atoms. The van der Waals surface area contributed by atoms with Gasteiger partial charge in [-0.1, -0.05) is 31.2 Å². The van der Waals surface area contributed by atoms with Crippen LogP contribution in [0, 0.1) is 13.8 Å². The summed E-state index contributed by atoms with van der Waals surface area (Å²) in [6.07, 6.45) is 4.12. The zero-order valence-electron chi connectivity index (χ0n) is 15.2. The summed E-state index contributed by atoms with van der Waals surface area (Å²) in [5, 5.41) is 10.6. The van der Waals surface area contributed by atoms with E-state index in [1.165, 1.54) is 5.56 Å². The number of anilines is 1. The highest BCUT2D eigenvalue weighted by Gasteiger charge is 2.11. The third kappa shape index (κ3) is 3.91. The van der Waals surface area contributed by atoms with Gasteiger partial charge in [0, 0.05) is 5.69 Å². The predicted octanol–water partition coefficient (Wildman–Crippen LogP) is 3.46. The Hall–Kier alpha value is -3.15. The van der Waals surface area contributed by atoms with Gasteiger partial charge in [0.2, 0.25) is 0 Å². The minimum absolute atomic E-state index is 0.0750. The van der Waals surface area contributed by atoms with Crippen LogP contribution in [0.15, 0.2) is 49.1 Å². The number of nitrogens with zero attached hydrogens (tertiary/aromatic N) is 3. The van der Waals surface area contributed by atoms with E-state index in [2.05, 4.69) is 22.4 Å². The van der Waals surface area contributed by atoms with Crippen LogP contribution in [-0.4, -0.2) is 27.3 Å². The van der Waals surface area contributed by atoms with Crippen molar-refractivity contribution in [1.29, 1.82) is 0 Å². The van der Waals surface area contributed by atoms with Crippen molar-refractivity contribution >= 4 is 11.6 Å². The Bertz CT molecular complexity index is 884. The van der Waals surface area contributed by atoms with Gasteiger partial charge < -0.3 is 10.1 Å². The Morgan fingerprint density at radius 1 is 1.12 bits per heavy atom. The number of aromatic nitrogens is 3. The molecule has 6 nitrogen and oxygen atoms in total. The molecule has 3 rings (SSSR count). The lowest BCUT2D eigenvalue weighted by atomic mass is 10.1. The highest BCUT2D eigenvalue weighted by molar-refractivity contribution is 5.93. The molecule has 0 radical (unpaired) electrons. The van der Waals surface area contributed by atoms with E-state index in [0.717, 1.165) is 28.9 Å². The van der Waals surface area contributed by atoms with Crippen molar-refractivity contribution < 1.29 is 9.53 Å². The number of ether oxygens (including phenoxy) is 1. The molecule has 0 aliphatic carbocycles. The van der Waals surface area contributed by atoms with E-state index in [-0.39, 0.29) is 12.5 Å². The summed E-state index contributed by atoms with van der Waals surface area (Å²) < 4.78 is 7.56. The summed E-state index contributed by atoms with van der Waals surface area (Å²) in [4.78, 5) is 12.3. The summed E-state index contributed by atoms with van der Waals surface area (Å²) in [5.74, 6) is 0.412. The van der Waals surface area contributed by atoms with Crippen molar-refractivity contribution in [3.8, 4) is 11.4 Å². The smallest absolute Gasteiger partial charge is 0.262 e. The number of para-hydroxylation sites is 1. The second-order valence-corrected chi connectivity index (χ2v) is 6.13. The Morgan fingerprint density at radius 3 is 2.46 bits per heavy atom. The lowest BCUT2D eigenvalue weighted by Crippen LogP contribution is -2.21. The van der Waals surface area contributed by atoms with Crippen LogP contribution in [0.1, 0.15) is 23.6 Å². The van der Waals surface area contributed by atoms with E-state index >= 15 is 0 Å². The van der Waals surface area contributed by atoms with Gasteiger partial charge in [-0.15, -0.1) is 10.2 Å². The molecule has 0 unspecified atom stereocenters. The number of nitrogens with one attached hydrogen (secondary N) is 1. The third-order valence-electron chi connectivity index (χ3n) is 4.23. The van der Waals surface area contributed by atoms with Crippen LogP contribution in [0.25, 0.3) is 5.69 Å². The lowest BCUT2D eigenvalue weighted by molar-refractivity contribution is -0.118. The fraction of sp³-hybridized carbons (Fsp3) is 0.250. The Kier molecular flexibility index (Phi) is 5.31. The normalized spacial score (nSPS) is 10.6. The molecule has 3 aromatic rings. The molecule has 1 amide bonds. The van der Waals surface area contributed by atoms with Crippen molar-refractivity contribution in [2.45, 2.75) is 27.2 Å². The lowest BCUT2D eigenvalue weighted by Gasteiger charge is -2.14. The molecular formula is C20H22N4O2. The van der Waals surface area contributed by atoms with Crippen LogP contribution in [0.5, 0.6) is 5.75 Å². The highest BCUT2D eigenvalue weighted by atomic mass is 16.5. The van der Waals surface area contributed by atoms with Crippen molar-refractivity contribution in [2.75, 3.05) is 11.9 Å². The number of hydrogen-bond acceptors (Lipinski definition) is 4. The molecule has 2 aromatic carbocycles. The molecule has 0 aliphatic rings. The summed E-state index contributed by atoms with van der Waals surface area (Å²) in [7, 11) is 0. The fourth-order valence-corrected chi connectivity index (χ4v) is 2.76. The van der Waals surface area contributed by atoms with Crippen molar-refractivity contribution in [1.82, 2.24) is 14.8 Å². The third-order valence-corrected chi connectivity index (χ3v) is 4.23. The van der Waals surface area contributed by atoms with Crippen molar-refractivity contribution in [3.63, 3.8) is 0 Å². The number of benzene rings is 2. The number of aryl methyl sites for hydroxylation is 3. The molecule has 6 heteroatoms. The second-order valence-electron chi connectivity index (χ2n) is 6.13. The quantitative estimate of drug-likeness (QED) is 0.739. The van der Waals surface area contributed by atoms with Crippen molar-refractivity contribution in [2.24, 2.45) is 0 Å². The van der Waals surface area contributed by atoms with Gasteiger partial charge in [-0.3, -0.25) is 9.36 Å². The second kappa shape index (κ2) is 7.82. The first-order valence-electron chi connectivity index (χ1n) is 8.55. The van der Waals surface area contributed by atoms with Gasteiger partial charge >= 0.3 is 0 Å². The first kappa shape index (κ1) is 17.7. The van der Waals surface area contributed by atoms with Gasteiger partial charge in [-0.05, 0) is 49.1 Å². The Balaban J connectivity index is 1.74. The maximum absolute atomic E-state index is 12.3. The molecule has 0 fully saturated rings. The minimum Gasteiger partial charge on any atom is -0.482 e. The van der Waals surface area contributed by atoms with Crippen LogP contribution < -0.4 is 10.1 Å². The zero-order valence-corrected chi connectivity index (χ0v) is 15.2. The first-order valence-corrected chi connectivity index (χ1v) is 8.55. The van der Waals surface area contributed by atoms with Crippen molar-refractivity contribution in [3.05, 3.63) is 65.7 Å². The number of carbonyl (C=O) groups is 1. The van der Waals surface area contributed by atoms with E-state index in [1.54, 1.807) is 17.2 Å². The molecule has 0 saturated carbocycles. The van der Waals surface area contributed by atoms with Gasteiger partial charge in [0.25, 0.3) is 5.91 Å². The van der Waals surface area contributed by atoms with E-state index in [0.29, 0.717) is 5.75 Å². The van der Waals surface area contributed by atoms with Gasteiger partial charge in [0.1, 0.15) is 18.4 Å². The maximum Gasteiger partial charge on any atom is 0.262 e. The summed E-state index contributed by atoms with van der Waals surface area (Å²) in [5.41, 5.74) is 4.86. The van der Waals surface area contributed by atoms with Crippen LogP contribution in [-0.2, 0) is 11.2 Å². The minimum atomic E-state index is -0.198. The average molecular weight is 350 g/mol. The molecule has 1 heterocycles. The Labute approximate surface area is 152 Å². The average Bonchev–Trinajstić information content (AvgIpc) is 3.17. The summed E-state index contributed by atoms with van der Waals surface area (Å²) in [6, 6.07) is 11.8. The number of amides is 1. The summed E-state index contributed by atoms with van der Waals surface area (Å²) >= 11 is 0. The van der Waals surface area contributed by atoms with Gasteiger partial charge in [0.05, 0.1) is 5.69 Å². The molecule has 0 atom stereocenters. The first-order chi connectivity index (χ1) is 12.6. The molecule has 1 aromatic heterocycles. The Morgan fingerprint density at radius 2 is 1.81 bits per heavy atom. The molecule has 1 N–H and O–H groups in total. The molecule has 0 bridgehead atoms. The molecule has 0 spiro atoms.